The van der Waals surface area contributed by atoms with E-state index in [1.807, 2.05) is 6.92 Å². The minimum absolute atomic E-state index is 0.0638. The predicted octanol–water partition coefficient (Wildman–Crippen LogP) is 1.93. The van der Waals surface area contributed by atoms with Crippen LogP contribution < -0.4 is 0 Å². The molecule has 0 aliphatic carbocycles. The van der Waals surface area contributed by atoms with Crippen LogP contribution in [0.5, 0.6) is 0 Å². The molecule has 9 nitrogen and oxygen atoms in total. The second-order valence-electron chi connectivity index (χ2n) is 5.49. The fraction of sp³-hybridized carbons (Fsp3) is 0.312. The first-order chi connectivity index (χ1) is 11.8. The number of rotatable bonds is 7. The molecule has 0 atom stereocenters. The molecule has 0 radical (unpaired) electrons. The highest BCUT2D eigenvalue weighted by molar-refractivity contribution is 6.00. The van der Waals surface area contributed by atoms with Crippen LogP contribution in [0.4, 0.5) is 5.69 Å². The van der Waals surface area contributed by atoms with Gasteiger partial charge in [-0.15, -0.1) is 0 Å². The zero-order chi connectivity index (χ0) is 18.6. The van der Waals surface area contributed by atoms with Gasteiger partial charge >= 0.3 is 5.97 Å². The van der Waals surface area contributed by atoms with Crippen molar-refractivity contribution in [3.05, 3.63) is 46.1 Å². The number of non-ortho nitro benzene ring substituents is 1. The Kier molecular flexibility index (Phi) is 5.48. The van der Waals surface area contributed by atoms with Crippen molar-refractivity contribution in [3.8, 4) is 11.3 Å². The fourth-order valence-corrected chi connectivity index (χ4v) is 2.46. The Hall–Kier alpha value is -3.23. The number of carbonyl (C=O) groups excluding carboxylic acids is 1. The van der Waals surface area contributed by atoms with Crippen LogP contribution in [0.2, 0.25) is 0 Å². The molecule has 25 heavy (non-hydrogen) atoms. The number of aryl methyl sites for hydroxylation is 1. The summed E-state index contributed by atoms with van der Waals surface area (Å²) in [7, 11) is 1.65. The predicted molar refractivity (Wildman–Crippen MR) is 89.1 cm³/mol. The van der Waals surface area contributed by atoms with Crippen molar-refractivity contribution in [2.75, 3.05) is 13.1 Å². The SMILES string of the molecule is CCCN(CC(=O)O)C(=O)c1cn(C)nc1-c1ccc([N+](=O)[O-])cc1. The minimum atomic E-state index is -1.09. The van der Waals surface area contributed by atoms with Crippen molar-refractivity contribution >= 4 is 17.6 Å². The summed E-state index contributed by atoms with van der Waals surface area (Å²) in [6.45, 7) is 1.75. The number of nitro groups is 1. The summed E-state index contributed by atoms with van der Waals surface area (Å²) in [4.78, 5) is 35.3. The number of nitro benzene ring substituents is 1. The highest BCUT2D eigenvalue weighted by Gasteiger charge is 2.24. The average Bonchev–Trinajstić information content (AvgIpc) is 2.95. The number of benzene rings is 1. The fourth-order valence-electron chi connectivity index (χ4n) is 2.46. The molecule has 0 saturated carbocycles. The lowest BCUT2D eigenvalue weighted by Crippen LogP contribution is -2.36. The van der Waals surface area contributed by atoms with E-state index in [4.69, 9.17) is 5.11 Å². The zero-order valence-corrected chi connectivity index (χ0v) is 13.9. The first-order valence-electron chi connectivity index (χ1n) is 7.63. The van der Waals surface area contributed by atoms with Crippen LogP contribution in [0, 0.1) is 10.1 Å². The molecule has 1 aromatic carbocycles. The van der Waals surface area contributed by atoms with Gasteiger partial charge in [0.2, 0.25) is 0 Å². The maximum Gasteiger partial charge on any atom is 0.323 e. The number of carboxylic acids is 1. The standard InChI is InChI=1S/C16H18N4O5/c1-3-8-19(10-14(21)22)16(23)13-9-18(2)17-15(13)11-4-6-12(7-5-11)20(24)25/h4-7,9H,3,8,10H2,1-2H3,(H,21,22). The van der Waals surface area contributed by atoms with E-state index >= 15 is 0 Å². The van der Waals surface area contributed by atoms with Gasteiger partial charge in [-0.05, 0) is 18.6 Å². The van der Waals surface area contributed by atoms with Gasteiger partial charge in [-0.2, -0.15) is 5.10 Å². The molecule has 0 fully saturated rings. The zero-order valence-electron chi connectivity index (χ0n) is 13.9. The number of carboxylic acid groups (broad SMARTS) is 1. The molecule has 0 aliphatic heterocycles. The Morgan fingerprint density at radius 2 is 1.96 bits per heavy atom. The third-order valence-electron chi connectivity index (χ3n) is 3.52. The van der Waals surface area contributed by atoms with Crippen molar-refractivity contribution in [1.82, 2.24) is 14.7 Å². The highest BCUT2D eigenvalue weighted by Crippen LogP contribution is 2.25. The molecule has 0 aliphatic rings. The molecule has 2 rings (SSSR count). The lowest BCUT2D eigenvalue weighted by molar-refractivity contribution is -0.384. The normalized spacial score (nSPS) is 10.5. The third kappa shape index (κ3) is 4.19. The number of aromatic nitrogens is 2. The number of nitrogens with zero attached hydrogens (tertiary/aromatic N) is 4. The van der Waals surface area contributed by atoms with Gasteiger partial charge in [0, 0.05) is 37.5 Å². The van der Waals surface area contributed by atoms with E-state index in [0.29, 0.717) is 24.2 Å². The Labute approximate surface area is 143 Å². The maximum absolute atomic E-state index is 12.8. The monoisotopic (exact) mass is 346 g/mol. The van der Waals surface area contributed by atoms with E-state index in [1.165, 1.54) is 40.0 Å². The van der Waals surface area contributed by atoms with Gasteiger partial charge in [0.05, 0.1) is 10.5 Å². The molecule has 0 spiro atoms. The third-order valence-corrected chi connectivity index (χ3v) is 3.52. The van der Waals surface area contributed by atoms with Crippen molar-refractivity contribution in [3.63, 3.8) is 0 Å². The van der Waals surface area contributed by atoms with Crippen molar-refractivity contribution in [1.29, 1.82) is 0 Å². The van der Waals surface area contributed by atoms with Gasteiger partial charge in [0.25, 0.3) is 11.6 Å². The molecule has 1 N–H and O–H groups in total. The molecule has 1 aromatic heterocycles. The average molecular weight is 346 g/mol. The molecular weight excluding hydrogens is 328 g/mol. The van der Waals surface area contributed by atoms with Crippen LogP contribution >= 0.6 is 0 Å². The van der Waals surface area contributed by atoms with Crippen molar-refractivity contribution in [2.45, 2.75) is 13.3 Å². The summed E-state index contributed by atoms with van der Waals surface area (Å²) in [6.07, 6.45) is 2.13. The maximum atomic E-state index is 12.8. The van der Waals surface area contributed by atoms with E-state index in [9.17, 15) is 19.7 Å². The molecule has 0 bridgehead atoms. The van der Waals surface area contributed by atoms with E-state index < -0.39 is 23.3 Å². The Morgan fingerprint density at radius 3 is 2.48 bits per heavy atom. The molecule has 1 amide bonds. The van der Waals surface area contributed by atoms with E-state index in [-0.39, 0.29) is 11.3 Å². The minimum Gasteiger partial charge on any atom is -0.480 e. The van der Waals surface area contributed by atoms with E-state index in [0.717, 1.165) is 0 Å². The number of carbonyl (C=O) groups is 2. The van der Waals surface area contributed by atoms with Gasteiger partial charge in [0.15, 0.2) is 0 Å². The first-order valence-corrected chi connectivity index (χ1v) is 7.63. The van der Waals surface area contributed by atoms with Crippen molar-refractivity contribution < 1.29 is 19.6 Å². The smallest absolute Gasteiger partial charge is 0.323 e. The molecule has 0 saturated heterocycles. The number of hydrogen-bond donors (Lipinski definition) is 1. The van der Waals surface area contributed by atoms with Crippen LogP contribution in [-0.2, 0) is 11.8 Å². The van der Waals surface area contributed by atoms with Crippen LogP contribution in [-0.4, -0.2) is 49.7 Å². The van der Waals surface area contributed by atoms with Gasteiger partial charge in [-0.3, -0.25) is 24.4 Å². The van der Waals surface area contributed by atoms with Gasteiger partial charge < -0.3 is 10.0 Å². The van der Waals surface area contributed by atoms with Crippen LogP contribution in [0.25, 0.3) is 11.3 Å². The largest absolute Gasteiger partial charge is 0.480 e. The van der Waals surface area contributed by atoms with Crippen LogP contribution in [0.1, 0.15) is 23.7 Å². The summed E-state index contributed by atoms with van der Waals surface area (Å²) in [5, 5.41) is 24.0. The number of amides is 1. The Morgan fingerprint density at radius 1 is 1.32 bits per heavy atom. The van der Waals surface area contributed by atoms with Crippen molar-refractivity contribution in [2.24, 2.45) is 7.05 Å². The summed E-state index contributed by atoms with van der Waals surface area (Å²) in [6, 6.07) is 5.69. The van der Waals surface area contributed by atoms with Gasteiger partial charge in [-0.1, -0.05) is 6.92 Å². The Balaban J connectivity index is 2.40. The Bertz CT molecular complexity index is 797. The summed E-state index contributed by atoms with van der Waals surface area (Å²) in [5.41, 5.74) is 1.09. The molecule has 132 valence electrons. The lowest BCUT2D eigenvalue weighted by atomic mass is 10.1. The number of aliphatic carboxylic acids is 1. The second kappa shape index (κ2) is 7.56. The second-order valence-corrected chi connectivity index (χ2v) is 5.49. The van der Waals surface area contributed by atoms with E-state index in [2.05, 4.69) is 5.10 Å². The summed E-state index contributed by atoms with van der Waals surface area (Å²) >= 11 is 0. The summed E-state index contributed by atoms with van der Waals surface area (Å²) in [5.74, 6) is -1.53. The quantitative estimate of drug-likeness (QED) is 0.604. The molecule has 2 aromatic rings. The summed E-state index contributed by atoms with van der Waals surface area (Å²) < 4.78 is 1.45. The lowest BCUT2D eigenvalue weighted by Gasteiger charge is -2.19. The molecule has 0 unspecified atom stereocenters. The van der Waals surface area contributed by atoms with E-state index in [1.54, 1.807) is 7.05 Å². The molecule has 1 heterocycles. The first kappa shape index (κ1) is 18.1. The topological polar surface area (TPSA) is 119 Å². The highest BCUT2D eigenvalue weighted by atomic mass is 16.6. The van der Waals surface area contributed by atoms with Gasteiger partial charge in [0.1, 0.15) is 12.2 Å². The molecular formula is C16H18N4O5. The number of hydrogen-bond acceptors (Lipinski definition) is 5. The molecule has 9 heteroatoms. The van der Waals surface area contributed by atoms with Crippen LogP contribution in [0.3, 0.4) is 0 Å². The van der Waals surface area contributed by atoms with Crippen LogP contribution in [0.15, 0.2) is 30.5 Å². The van der Waals surface area contributed by atoms with Gasteiger partial charge in [-0.25, -0.2) is 0 Å².